The number of para-hydroxylation sites is 1. The Morgan fingerprint density at radius 1 is 1.20 bits per heavy atom. The lowest BCUT2D eigenvalue weighted by atomic mass is 9.78. The number of rotatable bonds is 0. The fourth-order valence-corrected chi connectivity index (χ4v) is 2.38. The van der Waals surface area contributed by atoms with E-state index >= 15 is 0 Å². The quantitative estimate of drug-likeness (QED) is 0.643. The number of allylic oxidation sites excluding steroid dienone is 1. The summed E-state index contributed by atoms with van der Waals surface area (Å²) in [6.07, 6.45) is 4.01. The second-order valence-electron chi connectivity index (χ2n) is 4.14. The minimum Gasteiger partial charge on any atom is -0.465 e. The molecule has 1 aromatic carbocycles. The van der Waals surface area contributed by atoms with Crippen molar-refractivity contribution < 1.29 is 9.53 Å². The maximum absolute atomic E-state index is 11.5. The number of carbonyl (C=O) groups is 1. The third-order valence-corrected chi connectivity index (χ3v) is 3.20. The van der Waals surface area contributed by atoms with Crippen LogP contribution in [0.3, 0.4) is 0 Å². The van der Waals surface area contributed by atoms with Crippen LogP contribution in [0.25, 0.3) is 0 Å². The molecular formula is C13H12O2. The first kappa shape index (κ1) is 8.72. The zero-order chi connectivity index (χ0) is 10.3. The monoisotopic (exact) mass is 200 g/mol. The van der Waals surface area contributed by atoms with Gasteiger partial charge in [0.05, 0.1) is 6.26 Å². The molecular weight excluding hydrogens is 188 g/mol. The lowest BCUT2D eigenvalue weighted by molar-refractivity contribution is -0.120. The highest BCUT2D eigenvalue weighted by Crippen LogP contribution is 2.42. The highest BCUT2D eigenvalue weighted by atomic mass is 16.5. The summed E-state index contributed by atoms with van der Waals surface area (Å²) in [6, 6.07) is 7.99. The molecule has 1 fully saturated rings. The molecule has 15 heavy (non-hydrogen) atoms. The summed E-state index contributed by atoms with van der Waals surface area (Å²) in [5.41, 5.74) is 2.44. The highest BCUT2D eigenvalue weighted by molar-refractivity contribution is 5.82. The van der Waals surface area contributed by atoms with Crippen LogP contribution >= 0.6 is 0 Å². The summed E-state index contributed by atoms with van der Waals surface area (Å²) < 4.78 is 5.55. The normalized spacial score (nSPS) is 23.6. The lowest BCUT2D eigenvalue weighted by Crippen LogP contribution is -2.19. The van der Waals surface area contributed by atoms with Gasteiger partial charge < -0.3 is 4.74 Å². The van der Waals surface area contributed by atoms with E-state index in [1.54, 1.807) is 0 Å². The van der Waals surface area contributed by atoms with E-state index in [2.05, 4.69) is 6.07 Å². The Morgan fingerprint density at radius 2 is 2.07 bits per heavy atom. The van der Waals surface area contributed by atoms with Gasteiger partial charge in [-0.05, 0) is 18.1 Å². The van der Waals surface area contributed by atoms with E-state index in [1.807, 2.05) is 24.5 Å². The molecule has 0 N–H and O–H groups in total. The minimum atomic E-state index is 0.274. The number of benzene rings is 1. The lowest BCUT2D eigenvalue weighted by Gasteiger charge is -2.29. The summed E-state index contributed by atoms with van der Waals surface area (Å²) in [5, 5.41) is 0. The molecule has 1 heterocycles. The second-order valence-corrected chi connectivity index (χ2v) is 4.14. The van der Waals surface area contributed by atoms with Crippen LogP contribution in [0.2, 0.25) is 0 Å². The topological polar surface area (TPSA) is 26.3 Å². The van der Waals surface area contributed by atoms with Crippen LogP contribution in [-0.4, -0.2) is 5.78 Å². The molecule has 3 rings (SSSR count). The number of ether oxygens (including phenoxy) is 1. The third kappa shape index (κ3) is 1.37. The Balaban J connectivity index is 2.05. The molecule has 2 nitrogen and oxygen atoms in total. The van der Waals surface area contributed by atoms with Crippen molar-refractivity contribution in [3.05, 3.63) is 41.7 Å². The molecule has 1 unspecified atom stereocenters. The molecule has 76 valence electrons. The van der Waals surface area contributed by atoms with Crippen LogP contribution in [0.15, 0.2) is 36.1 Å². The predicted octanol–water partition coefficient (Wildman–Crippen LogP) is 2.80. The summed E-state index contributed by atoms with van der Waals surface area (Å²) in [4.78, 5) is 11.5. The van der Waals surface area contributed by atoms with Crippen LogP contribution in [-0.2, 0) is 4.79 Å². The summed E-state index contributed by atoms with van der Waals surface area (Å²) in [6.45, 7) is 0. The first-order chi connectivity index (χ1) is 7.34. The molecule has 2 heteroatoms. The van der Waals surface area contributed by atoms with Gasteiger partial charge in [-0.15, -0.1) is 0 Å². The van der Waals surface area contributed by atoms with E-state index in [0.717, 1.165) is 12.2 Å². The average molecular weight is 200 g/mol. The molecule has 2 aliphatic rings. The molecule has 0 spiro atoms. The van der Waals surface area contributed by atoms with Gasteiger partial charge in [0.15, 0.2) is 0 Å². The van der Waals surface area contributed by atoms with E-state index in [0.29, 0.717) is 18.6 Å². The van der Waals surface area contributed by atoms with Crippen molar-refractivity contribution in [2.24, 2.45) is 0 Å². The van der Waals surface area contributed by atoms with Gasteiger partial charge in [-0.1, -0.05) is 18.2 Å². The number of ketones is 1. The number of fused-ring (bicyclic) bond motifs is 3. The first-order valence-electron chi connectivity index (χ1n) is 5.31. The Bertz CT molecular complexity index is 446. The molecule has 1 aromatic rings. The standard InChI is InChI=1S/C13H12O2/c14-10-6-5-9-8-15-13-4-2-1-3-11(13)12(9)7-10/h1-4,8,12H,5-7H2. The zero-order valence-electron chi connectivity index (χ0n) is 8.40. The molecule has 0 amide bonds. The third-order valence-electron chi connectivity index (χ3n) is 3.20. The highest BCUT2D eigenvalue weighted by Gasteiger charge is 2.30. The van der Waals surface area contributed by atoms with Crippen molar-refractivity contribution in [1.29, 1.82) is 0 Å². The molecule has 1 atom stereocenters. The van der Waals surface area contributed by atoms with Gasteiger partial charge in [0.25, 0.3) is 0 Å². The van der Waals surface area contributed by atoms with E-state index in [1.165, 1.54) is 11.1 Å². The minimum absolute atomic E-state index is 0.274. The van der Waals surface area contributed by atoms with Crippen molar-refractivity contribution in [2.45, 2.75) is 25.2 Å². The van der Waals surface area contributed by atoms with E-state index in [9.17, 15) is 4.79 Å². The van der Waals surface area contributed by atoms with Crippen molar-refractivity contribution >= 4 is 5.78 Å². The Labute approximate surface area is 88.6 Å². The number of Topliss-reactive ketones (excluding diaryl/α,β-unsaturated/α-hetero) is 1. The fraction of sp³-hybridized carbons (Fsp3) is 0.308. The van der Waals surface area contributed by atoms with E-state index in [4.69, 9.17) is 4.74 Å². The molecule has 0 bridgehead atoms. The molecule has 0 aromatic heterocycles. The number of carbonyl (C=O) groups excluding carboxylic acids is 1. The van der Waals surface area contributed by atoms with Crippen LogP contribution in [0.5, 0.6) is 5.75 Å². The largest absolute Gasteiger partial charge is 0.465 e. The van der Waals surface area contributed by atoms with E-state index < -0.39 is 0 Å². The van der Waals surface area contributed by atoms with E-state index in [-0.39, 0.29) is 5.92 Å². The fourth-order valence-electron chi connectivity index (χ4n) is 2.38. The average Bonchev–Trinajstić information content (AvgIpc) is 2.29. The van der Waals surface area contributed by atoms with Gasteiger partial charge >= 0.3 is 0 Å². The van der Waals surface area contributed by atoms with Crippen LogP contribution < -0.4 is 4.74 Å². The molecule has 0 radical (unpaired) electrons. The molecule has 1 aliphatic heterocycles. The summed E-state index contributed by atoms with van der Waals surface area (Å²) in [7, 11) is 0. The van der Waals surface area contributed by atoms with Gasteiger partial charge in [-0.25, -0.2) is 0 Å². The molecule has 1 aliphatic carbocycles. The van der Waals surface area contributed by atoms with Crippen LogP contribution in [0.4, 0.5) is 0 Å². The van der Waals surface area contributed by atoms with Crippen LogP contribution in [0.1, 0.15) is 30.7 Å². The summed E-state index contributed by atoms with van der Waals surface area (Å²) >= 11 is 0. The SMILES string of the molecule is O=C1CCC2=COc3ccccc3C2C1. The second kappa shape index (κ2) is 3.23. The maximum atomic E-state index is 11.5. The Morgan fingerprint density at radius 3 is 3.00 bits per heavy atom. The summed E-state index contributed by atoms with van der Waals surface area (Å²) in [5.74, 6) is 1.55. The Kier molecular flexibility index (Phi) is 1.88. The number of hydrogen-bond acceptors (Lipinski definition) is 2. The predicted molar refractivity (Wildman–Crippen MR) is 56.8 cm³/mol. The Hall–Kier alpha value is -1.57. The van der Waals surface area contributed by atoms with Gasteiger partial charge in [-0.3, -0.25) is 4.79 Å². The van der Waals surface area contributed by atoms with Crippen molar-refractivity contribution in [2.75, 3.05) is 0 Å². The van der Waals surface area contributed by atoms with Gasteiger partial charge in [0, 0.05) is 24.3 Å². The van der Waals surface area contributed by atoms with Crippen molar-refractivity contribution in [3.63, 3.8) is 0 Å². The van der Waals surface area contributed by atoms with Gasteiger partial charge in [0.1, 0.15) is 11.5 Å². The van der Waals surface area contributed by atoms with Gasteiger partial charge in [0.2, 0.25) is 0 Å². The molecule has 1 saturated carbocycles. The zero-order valence-corrected chi connectivity index (χ0v) is 8.40. The van der Waals surface area contributed by atoms with Crippen molar-refractivity contribution in [1.82, 2.24) is 0 Å². The maximum Gasteiger partial charge on any atom is 0.134 e. The number of hydrogen-bond donors (Lipinski definition) is 0. The van der Waals surface area contributed by atoms with Crippen LogP contribution in [0, 0.1) is 0 Å². The molecule has 0 saturated heterocycles. The van der Waals surface area contributed by atoms with Gasteiger partial charge in [-0.2, -0.15) is 0 Å². The van der Waals surface area contributed by atoms with Crippen molar-refractivity contribution in [3.8, 4) is 5.75 Å². The smallest absolute Gasteiger partial charge is 0.134 e. The first-order valence-corrected chi connectivity index (χ1v) is 5.31.